The molecule has 1 saturated heterocycles. The third-order valence-corrected chi connectivity index (χ3v) is 4.67. The summed E-state index contributed by atoms with van der Waals surface area (Å²) in [6, 6.07) is 9.92. The third kappa shape index (κ3) is 3.34. The van der Waals surface area contributed by atoms with E-state index in [1.807, 2.05) is 44.2 Å². The Morgan fingerprint density at radius 3 is 2.41 bits per heavy atom. The lowest BCUT2D eigenvalue weighted by Gasteiger charge is -2.50. The molecule has 0 unspecified atom stereocenters. The molecule has 5 heteroatoms. The van der Waals surface area contributed by atoms with Gasteiger partial charge in [-0.3, -0.25) is 0 Å². The Balaban J connectivity index is 2.15. The number of methoxy groups -OCH3 is 1. The molecule has 1 aliphatic heterocycles. The number of hydrogen-bond donors (Lipinski definition) is 2. The number of aliphatic hydroxyl groups is 2. The van der Waals surface area contributed by atoms with Crippen LogP contribution in [0.2, 0.25) is 0 Å². The fourth-order valence-electron chi connectivity index (χ4n) is 3.13. The minimum absolute atomic E-state index is 0.00135. The van der Waals surface area contributed by atoms with E-state index in [1.54, 1.807) is 0 Å². The van der Waals surface area contributed by atoms with Gasteiger partial charge < -0.3 is 24.4 Å². The van der Waals surface area contributed by atoms with Crippen LogP contribution in [0.5, 0.6) is 0 Å². The van der Waals surface area contributed by atoms with Crippen LogP contribution in [0.25, 0.3) is 0 Å². The zero-order valence-corrected chi connectivity index (χ0v) is 13.4. The van der Waals surface area contributed by atoms with Gasteiger partial charge >= 0.3 is 0 Å². The topological polar surface area (TPSA) is 68.2 Å². The molecule has 2 rings (SSSR count). The molecule has 1 aliphatic rings. The minimum atomic E-state index is -1.14. The van der Waals surface area contributed by atoms with Gasteiger partial charge in [-0.2, -0.15) is 0 Å². The summed E-state index contributed by atoms with van der Waals surface area (Å²) < 4.78 is 17.4. The predicted octanol–water partition coefficient (Wildman–Crippen LogP) is 1.57. The Bertz CT molecular complexity index is 446. The number of aliphatic hydroxyl groups excluding tert-OH is 2. The highest BCUT2D eigenvalue weighted by Gasteiger charge is 2.51. The molecule has 0 aromatic heterocycles. The van der Waals surface area contributed by atoms with E-state index in [1.165, 1.54) is 7.11 Å². The summed E-state index contributed by atoms with van der Waals surface area (Å²) in [6.45, 7) is 4.00. The van der Waals surface area contributed by atoms with Gasteiger partial charge in [0, 0.05) is 18.9 Å². The van der Waals surface area contributed by atoms with E-state index < -0.39 is 11.9 Å². The van der Waals surface area contributed by atoms with E-state index in [2.05, 4.69) is 0 Å². The first kappa shape index (κ1) is 17.4. The van der Waals surface area contributed by atoms with Crippen LogP contribution >= 0.6 is 0 Å². The predicted molar refractivity (Wildman–Crippen MR) is 82.1 cm³/mol. The molecule has 1 aromatic carbocycles. The first-order valence-corrected chi connectivity index (χ1v) is 7.68. The molecular weight excluding hydrogens is 284 g/mol. The van der Waals surface area contributed by atoms with E-state index in [4.69, 9.17) is 14.2 Å². The molecule has 0 amide bonds. The normalized spacial score (nSPS) is 35.5. The van der Waals surface area contributed by atoms with Gasteiger partial charge in [0.2, 0.25) is 0 Å². The largest absolute Gasteiger partial charge is 0.394 e. The van der Waals surface area contributed by atoms with Crippen LogP contribution < -0.4 is 0 Å². The van der Waals surface area contributed by atoms with Crippen LogP contribution in [0, 0.1) is 11.8 Å². The summed E-state index contributed by atoms with van der Waals surface area (Å²) in [5.74, 6) is -1.30. The molecule has 0 saturated carbocycles. The molecule has 1 aromatic rings. The Morgan fingerprint density at radius 2 is 1.86 bits per heavy atom. The van der Waals surface area contributed by atoms with Crippen LogP contribution in [0.3, 0.4) is 0 Å². The Morgan fingerprint density at radius 1 is 1.18 bits per heavy atom. The molecule has 0 aliphatic carbocycles. The van der Waals surface area contributed by atoms with Crippen LogP contribution in [0.15, 0.2) is 30.3 Å². The number of hydrogen-bond acceptors (Lipinski definition) is 5. The zero-order valence-electron chi connectivity index (χ0n) is 13.4. The van der Waals surface area contributed by atoms with Gasteiger partial charge in [0.15, 0.2) is 5.79 Å². The highest BCUT2D eigenvalue weighted by molar-refractivity contribution is 5.13. The van der Waals surface area contributed by atoms with Crippen molar-refractivity contribution in [2.75, 3.05) is 20.3 Å². The van der Waals surface area contributed by atoms with Crippen LogP contribution in [-0.4, -0.2) is 48.5 Å². The maximum atomic E-state index is 9.73. The van der Waals surface area contributed by atoms with E-state index in [-0.39, 0.29) is 31.2 Å². The molecule has 5 nitrogen and oxygen atoms in total. The quantitative estimate of drug-likeness (QED) is 0.835. The van der Waals surface area contributed by atoms with Gasteiger partial charge in [0.1, 0.15) is 0 Å². The van der Waals surface area contributed by atoms with E-state index in [9.17, 15) is 10.2 Å². The van der Waals surface area contributed by atoms with Crippen molar-refractivity contribution in [3.05, 3.63) is 35.9 Å². The van der Waals surface area contributed by atoms with E-state index >= 15 is 0 Å². The second-order valence-electron chi connectivity index (χ2n) is 5.92. The molecule has 0 radical (unpaired) electrons. The molecule has 0 spiro atoms. The van der Waals surface area contributed by atoms with Crippen LogP contribution in [-0.2, 0) is 20.8 Å². The first-order valence-electron chi connectivity index (χ1n) is 7.68. The summed E-state index contributed by atoms with van der Waals surface area (Å²) in [4.78, 5) is 0. The summed E-state index contributed by atoms with van der Waals surface area (Å²) in [5, 5.41) is 19.3. The van der Waals surface area contributed by atoms with Gasteiger partial charge in [-0.1, -0.05) is 44.2 Å². The zero-order chi connectivity index (χ0) is 16.2. The van der Waals surface area contributed by atoms with Crippen molar-refractivity contribution in [1.82, 2.24) is 0 Å². The fraction of sp³-hybridized carbons (Fsp3) is 0.647. The highest BCUT2D eigenvalue weighted by Crippen LogP contribution is 2.39. The molecule has 124 valence electrons. The number of benzene rings is 1. The maximum absolute atomic E-state index is 9.73. The van der Waals surface area contributed by atoms with Crippen molar-refractivity contribution < 1.29 is 24.4 Å². The van der Waals surface area contributed by atoms with Crippen molar-refractivity contribution in [2.45, 2.75) is 38.4 Å². The number of ether oxygens (including phenoxy) is 3. The average molecular weight is 310 g/mol. The summed E-state index contributed by atoms with van der Waals surface area (Å²) in [7, 11) is 1.51. The average Bonchev–Trinajstić information content (AvgIpc) is 2.56. The second-order valence-corrected chi connectivity index (χ2v) is 5.92. The summed E-state index contributed by atoms with van der Waals surface area (Å²) >= 11 is 0. The lowest BCUT2D eigenvalue weighted by atomic mass is 9.80. The second kappa shape index (κ2) is 7.53. The molecule has 5 atom stereocenters. The van der Waals surface area contributed by atoms with Gasteiger partial charge in [-0.25, -0.2) is 0 Å². The van der Waals surface area contributed by atoms with Gasteiger partial charge in [0.25, 0.3) is 0 Å². The minimum Gasteiger partial charge on any atom is -0.394 e. The van der Waals surface area contributed by atoms with E-state index in [0.29, 0.717) is 6.61 Å². The van der Waals surface area contributed by atoms with Crippen molar-refractivity contribution in [2.24, 2.45) is 11.8 Å². The van der Waals surface area contributed by atoms with Crippen molar-refractivity contribution in [3.8, 4) is 0 Å². The molecule has 22 heavy (non-hydrogen) atoms. The van der Waals surface area contributed by atoms with Crippen molar-refractivity contribution in [1.29, 1.82) is 0 Å². The maximum Gasteiger partial charge on any atom is 0.196 e. The Labute approximate surface area is 131 Å². The first-order chi connectivity index (χ1) is 10.6. The molecule has 0 bridgehead atoms. The van der Waals surface area contributed by atoms with Crippen molar-refractivity contribution >= 4 is 0 Å². The lowest BCUT2D eigenvalue weighted by Crippen LogP contribution is -2.61. The monoisotopic (exact) mass is 310 g/mol. The third-order valence-electron chi connectivity index (χ3n) is 4.67. The van der Waals surface area contributed by atoms with Crippen LogP contribution in [0.1, 0.15) is 19.4 Å². The Kier molecular flexibility index (Phi) is 5.94. The standard InChI is InChI=1S/C17H26O5/c1-12-15(9-18)22-17(11-19,20-3)13(2)16(12)21-10-14-7-5-4-6-8-14/h4-8,12-13,15-16,18-19H,9-11H2,1-3H3/t12-,13-,15+,16+,17-/m1/s1. The highest BCUT2D eigenvalue weighted by atomic mass is 16.7. The molecule has 2 N–H and O–H groups in total. The number of rotatable bonds is 6. The molecular formula is C17H26O5. The van der Waals surface area contributed by atoms with Gasteiger partial charge in [-0.05, 0) is 5.56 Å². The summed E-state index contributed by atoms with van der Waals surface area (Å²) in [5.41, 5.74) is 1.08. The van der Waals surface area contributed by atoms with Gasteiger partial charge in [-0.15, -0.1) is 0 Å². The van der Waals surface area contributed by atoms with Crippen molar-refractivity contribution in [3.63, 3.8) is 0 Å². The molecule has 1 heterocycles. The molecule has 1 fully saturated rings. The van der Waals surface area contributed by atoms with Crippen LogP contribution in [0.4, 0.5) is 0 Å². The SMILES string of the molecule is CO[C@]1(CO)O[C@@H](CO)[C@@H](C)[C@H](OCc2ccccc2)[C@H]1C. The fourth-order valence-corrected chi connectivity index (χ4v) is 3.13. The lowest BCUT2D eigenvalue weighted by molar-refractivity contribution is -0.346. The summed E-state index contributed by atoms with van der Waals surface area (Å²) in [6.07, 6.45) is -0.609. The smallest absolute Gasteiger partial charge is 0.196 e. The Hall–Kier alpha value is -0.980. The van der Waals surface area contributed by atoms with E-state index in [0.717, 1.165) is 5.56 Å². The van der Waals surface area contributed by atoms with Gasteiger partial charge in [0.05, 0.1) is 32.0 Å².